The van der Waals surface area contributed by atoms with Gasteiger partial charge in [-0.3, -0.25) is 0 Å². The Balaban J connectivity index is 1.90. The van der Waals surface area contributed by atoms with Crippen molar-refractivity contribution in [3.63, 3.8) is 0 Å². The predicted molar refractivity (Wildman–Crippen MR) is 53.2 cm³/mol. The molecule has 0 unspecified atom stereocenters. The fourth-order valence-corrected chi connectivity index (χ4v) is 1.55. The summed E-state index contributed by atoms with van der Waals surface area (Å²) < 4.78 is 12.2. The highest BCUT2D eigenvalue weighted by Crippen LogP contribution is 2.17. The van der Waals surface area contributed by atoms with Gasteiger partial charge in [-0.25, -0.2) is 4.52 Å². The molecule has 2 aromatic rings. The van der Waals surface area contributed by atoms with Crippen LogP contribution >= 0.6 is 11.6 Å². The molecular weight excluding hydrogens is 218 g/mol. The summed E-state index contributed by atoms with van der Waals surface area (Å²) in [5.41, 5.74) is 0.706. The number of hydrogen-bond acceptors (Lipinski definition) is 4. The van der Waals surface area contributed by atoms with E-state index in [2.05, 4.69) is 10.1 Å². The lowest BCUT2D eigenvalue weighted by molar-refractivity contribution is -0.0798. The van der Waals surface area contributed by atoms with E-state index >= 15 is 0 Å². The molecule has 15 heavy (non-hydrogen) atoms. The van der Waals surface area contributed by atoms with Gasteiger partial charge in [0.15, 0.2) is 5.65 Å². The summed E-state index contributed by atoms with van der Waals surface area (Å²) in [4.78, 5) is 4.00. The van der Waals surface area contributed by atoms with Crippen LogP contribution in [0.2, 0.25) is 5.28 Å². The molecular formula is C9H8ClN3O2. The normalized spacial score (nSPS) is 16.6. The lowest BCUT2D eigenvalue weighted by Gasteiger charge is -2.26. The van der Waals surface area contributed by atoms with Gasteiger partial charge in [0.1, 0.15) is 11.9 Å². The van der Waals surface area contributed by atoms with Gasteiger partial charge in [0.2, 0.25) is 5.28 Å². The van der Waals surface area contributed by atoms with Crippen molar-refractivity contribution >= 4 is 17.2 Å². The fraction of sp³-hybridized carbons (Fsp3) is 0.333. The number of halogens is 1. The number of rotatable bonds is 2. The highest BCUT2D eigenvalue weighted by atomic mass is 35.5. The van der Waals surface area contributed by atoms with Crippen molar-refractivity contribution in [1.29, 1.82) is 0 Å². The van der Waals surface area contributed by atoms with Gasteiger partial charge in [-0.2, -0.15) is 4.98 Å². The first-order valence-corrected chi connectivity index (χ1v) is 4.95. The number of nitrogens with zero attached hydrogens (tertiary/aromatic N) is 3. The lowest BCUT2D eigenvalue weighted by atomic mass is 10.3. The lowest BCUT2D eigenvalue weighted by Crippen LogP contribution is -2.38. The van der Waals surface area contributed by atoms with E-state index in [1.165, 1.54) is 0 Å². The molecule has 0 aromatic carbocycles. The molecule has 6 heteroatoms. The van der Waals surface area contributed by atoms with E-state index in [9.17, 15) is 0 Å². The second-order valence-corrected chi connectivity index (χ2v) is 3.66. The minimum Gasteiger partial charge on any atom is -0.484 e. The molecule has 78 valence electrons. The smallest absolute Gasteiger partial charge is 0.243 e. The Labute approximate surface area is 90.6 Å². The summed E-state index contributed by atoms with van der Waals surface area (Å²) in [6, 6.07) is 3.66. The van der Waals surface area contributed by atoms with Crippen LogP contribution in [0.15, 0.2) is 18.3 Å². The molecule has 1 saturated heterocycles. The Kier molecular flexibility index (Phi) is 2.00. The zero-order valence-corrected chi connectivity index (χ0v) is 8.52. The van der Waals surface area contributed by atoms with E-state index in [1.54, 1.807) is 10.7 Å². The SMILES string of the molecule is Clc1nc2ccc(OC3COC3)cn2n1. The first kappa shape index (κ1) is 8.94. The van der Waals surface area contributed by atoms with Crippen LogP contribution in [0.25, 0.3) is 5.65 Å². The van der Waals surface area contributed by atoms with Crippen molar-refractivity contribution < 1.29 is 9.47 Å². The first-order valence-electron chi connectivity index (χ1n) is 4.57. The maximum absolute atomic E-state index is 5.68. The van der Waals surface area contributed by atoms with E-state index < -0.39 is 0 Å². The van der Waals surface area contributed by atoms with Crippen molar-refractivity contribution in [1.82, 2.24) is 14.6 Å². The Morgan fingerprint density at radius 3 is 3.07 bits per heavy atom. The average Bonchev–Trinajstić information content (AvgIpc) is 2.50. The van der Waals surface area contributed by atoms with Crippen molar-refractivity contribution in [2.24, 2.45) is 0 Å². The molecule has 2 aromatic heterocycles. The largest absolute Gasteiger partial charge is 0.484 e. The number of aromatic nitrogens is 3. The number of ether oxygens (including phenoxy) is 2. The van der Waals surface area contributed by atoms with Gasteiger partial charge in [-0.1, -0.05) is 0 Å². The van der Waals surface area contributed by atoms with Crippen LogP contribution in [0.3, 0.4) is 0 Å². The second-order valence-electron chi connectivity index (χ2n) is 3.33. The Morgan fingerprint density at radius 1 is 1.47 bits per heavy atom. The summed E-state index contributed by atoms with van der Waals surface area (Å²) in [5.74, 6) is 0.748. The maximum Gasteiger partial charge on any atom is 0.243 e. The van der Waals surface area contributed by atoms with Crippen LogP contribution in [0.1, 0.15) is 0 Å². The zero-order valence-electron chi connectivity index (χ0n) is 7.76. The molecule has 0 saturated carbocycles. The third-order valence-corrected chi connectivity index (χ3v) is 2.35. The summed E-state index contributed by atoms with van der Waals surface area (Å²) >= 11 is 5.68. The summed E-state index contributed by atoms with van der Waals surface area (Å²) in [6.45, 7) is 1.30. The standard InChI is InChI=1S/C9H8ClN3O2/c10-9-11-8-2-1-6(3-13(8)12-9)15-7-4-14-5-7/h1-3,7H,4-5H2. The summed E-state index contributed by atoms with van der Waals surface area (Å²) in [6.07, 6.45) is 1.91. The van der Waals surface area contributed by atoms with Crippen molar-refractivity contribution in [3.05, 3.63) is 23.6 Å². The van der Waals surface area contributed by atoms with Crippen LogP contribution in [-0.2, 0) is 4.74 Å². The van der Waals surface area contributed by atoms with E-state index in [4.69, 9.17) is 21.1 Å². The van der Waals surface area contributed by atoms with Crippen LogP contribution in [0.5, 0.6) is 5.75 Å². The van der Waals surface area contributed by atoms with Gasteiger partial charge in [0, 0.05) is 0 Å². The van der Waals surface area contributed by atoms with Crippen LogP contribution < -0.4 is 4.74 Å². The van der Waals surface area contributed by atoms with Gasteiger partial charge in [-0.15, -0.1) is 5.10 Å². The van der Waals surface area contributed by atoms with Gasteiger partial charge in [0.05, 0.1) is 19.4 Å². The second kappa shape index (κ2) is 3.36. The molecule has 1 aliphatic rings. The van der Waals surface area contributed by atoms with Gasteiger partial charge < -0.3 is 9.47 Å². The quantitative estimate of drug-likeness (QED) is 0.770. The topological polar surface area (TPSA) is 48.7 Å². The highest BCUT2D eigenvalue weighted by molar-refractivity contribution is 6.28. The van der Waals surface area contributed by atoms with E-state index in [-0.39, 0.29) is 11.4 Å². The molecule has 0 bridgehead atoms. The summed E-state index contributed by atoms with van der Waals surface area (Å²) in [7, 11) is 0. The molecule has 0 atom stereocenters. The van der Waals surface area contributed by atoms with E-state index in [0.29, 0.717) is 18.9 Å². The Morgan fingerprint density at radius 2 is 2.33 bits per heavy atom. The van der Waals surface area contributed by atoms with Gasteiger partial charge in [-0.05, 0) is 23.7 Å². The molecule has 0 N–H and O–H groups in total. The third kappa shape index (κ3) is 1.64. The average molecular weight is 226 g/mol. The van der Waals surface area contributed by atoms with Crippen LogP contribution in [0, 0.1) is 0 Å². The highest BCUT2D eigenvalue weighted by Gasteiger charge is 2.20. The summed E-state index contributed by atoms with van der Waals surface area (Å²) in [5, 5.41) is 4.22. The molecule has 3 rings (SSSR count). The molecule has 1 fully saturated rings. The number of hydrogen-bond donors (Lipinski definition) is 0. The van der Waals surface area contributed by atoms with E-state index in [1.807, 2.05) is 12.1 Å². The van der Waals surface area contributed by atoms with Gasteiger partial charge >= 0.3 is 0 Å². The van der Waals surface area contributed by atoms with E-state index in [0.717, 1.165) is 5.75 Å². The number of pyridine rings is 1. The minimum atomic E-state index is 0.154. The van der Waals surface area contributed by atoms with Crippen molar-refractivity contribution in [2.45, 2.75) is 6.10 Å². The minimum absolute atomic E-state index is 0.154. The molecule has 0 radical (unpaired) electrons. The monoisotopic (exact) mass is 225 g/mol. The number of fused-ring (bicyclic) bond motifs is 1. The molecule has 0 amide bonds. The molecule has 0 aliphatic carbocycles. The maximum atomic E-state index is 5.68. The Bertz CT molecular complexity index is 495. The molecule has 5 nitrogen and oxygen atoms in total. The predicted octanol–water partition coefficient (Wildman–Crippen LogP) is 1.16. The van der Waals surface area contributed by atoms with Crippen molar-refractivity contribution in [3.8, 4) is 5.75 Å². The third-order valence-electron chi connectivity index (χ3n) is 2.19. The zero-order chi connectivity index (χ0) is 10.3. The van der Waals surface area contributed by atoms with Crippen molar-refractivity contribution in [2.75, 3.05) is 13.2 Å². The molecule has 3 heterocycles. The first-order chi connectivity index (χ1) is 7.31. The molecule has 0 spiro atoms. The fourth-order valence-electron chi connectivity index (χ4n) is 1.38. The Hall–Kier alpha value is -1.33. The van der Waals surface area contributed by atoms with Crippen LogP contribution in [-0.4, -0.2) is 33.9 Å². The van der Waals surface area contributed by atoms with Crippen LogP contribution in [0.4, 0.5) is 0 Å². The van der Waals surface area contributed by atoms with Gasteiger partial charge in [0.25, 0.3) is 0 Å². The molecule has 1 aliphatic heterocycles.